The van der Waals surface area contributed by atoms with Crippen molar-refractivity contribution in [3.8, 4) is 0 Å². The van der Waals surface area contributed by atoms with Gasteiger partial charge in [-0.25, -0.2) is 4.79 Å². The van der Waals surface area contributed by atoms with Crippen LogP contribution in [0.5, 0.6) is 0 Å². The Bertz CT molecular complexity index is 1140. The molecule has 6 nitrogen and oxygen atoms in total. The zero-order valence-corrected chi connectivity index (χ0v) is 18.9. The van der Waals surface area contributed by atoms with E-state index in [1.165, 1.54) is 23.9 Å². The zero-order valence-electron chi connectivity index (χ0n) is 16.5. The number of carboxylic acids is 1. The number of benzene rings is 3. The van der Waals surface area contributed by atoms with Gasteiger partial charge in [0.25, 0.3) is 5.91 Å². The van der Waals surface area contributed by atoms with E-state index in [9.17, 15) is 19.5 Å². The molecule has 0 bridgehead atoms. The smallest absolute Gasteiger partial charge is 0.336 e. The first-order valence-electron chi connectivity index (χ1n) is 9.31. The maximum atomic E-state index is 12.6. The highest BCUT2D eigenvalue weighted by Crippen LogP contribution is 2.28. The van der Waals surface area contributed by atoms with Gasteiger partial charge in [-0.3, -0.25) is 9.59 Å². The molecule has 0 aliphatic carbocycles. The van der Waals surface area contributed by atoms with Gasteiger partial charge in [0.15, 0.2) is 0 Å². The quantitative estimate of drug-likeness (QED) is 0.372. The standard InChI is InChI=1S/C23H19BrN2O4S/c1-14(21(27)26-20-12-5-4-11-19(20)24)31-16-8-6-7-15(13-16)25-22(28)17-9-2-3-10-18(17)23(29)30/h2-14H,1H3,(H,25,28)(H,26,27)(H,29,30). The van der Waals surface area contributed by atoms with E-state index in [1.807, 2.05) is 30.3 Å². The summed E-state index contributed by atoms with van der Waals surface area (Å²) in [5.41, 5.74) is 1.21. The molecule has 0 fully saturated rings. The first kappa shape index (κ1) is 22.6. The van der Waals surface area contributed by atoms with Gasteiger partial charge in [-0.15, -0.1) is 11.8 Å². The van der Waals surface area contributed by atoms with E-state index in [1.54, 1.807) is 37.3 Å². The molecule has 31 heavy (non-hydrogen) atoms. The van der Waals surface area contributed by atoms with Gasteiger partial charge in [0.05, 0.1) is 22.1 Å². The van der Waals surface area contributed by atoms with Gasteiger partial charge in [0, 0.05) is 15.1 Å². The Balaban J connectivity index is 1.68. The van der Waals surface area contributed by atoms with Crippen LogP contribution in [0.1, 0.15) is 27.6 Å². The summed E-state index contributed by atoms with van der Waals surface area (Å²) < 4.78 is 0.798. The molecule has 3 aromatic rings. The number of thioether (sulfide) groups is 1. The van der Waals surface area contributed by atoms with Crippen molar-refractivity contribution in [2.24, 2.45) is 0 Å². The third kappa shape index (κ3) is 5.96. The lowest BCUT2D eigenvalue weighted by atomic mass is 10.1. The Morgan fingerprint density at radius 2 is 1.58 bits per heavy atom. The van der Waals surface area contributed by atoms with Gasteiger partial charge >= 0.3 is 5.97 Å². The van der Waals surface area contributed by atoms with Gasteiger partial charge in [0.2, 0.25) is 5.91 Å². The number of carbonyl (C=O) groups is 3. The summed E-state index contributed by atoms with van der Waals surface area (Å²) in [6.07, 6.45) is 0. The van der Waals surface area contributed by atoms with Crippen LogP contribution >= 0.6 is 27.7 Å². The number of carboxylic acid groups (broad SMARTS) is 1. The van der Waals surface area contributed by atoms with E-state index in [4.69, 9.17) is 0 Å². The van der Waals surface area contributed by atoms with Gasteiger partial charge in [-0.1, -0.05) is 30.3 Å². The topological polar surface area (TPSA) is 95.5 Å². The minimum Gasteiger partial charge on any atom is -0.478 e. The number of anilines is 2. The maximum absolute atomic E-state index is 12.6. The van der Waals surface area contributed by atoms with Crippen LogP contribution in [-0.4, -0.2) is 28.1 Å². The van der Waals surface area contributed by atoms with Crippen LogP contribution in [0.4, 0.5) is 11.4 Å². The molecule has 0 saturated heterocycles. The Morgan fingerprint density at radius 3 is 2.29 bits per heavy atom. The molecule has 158 valence electrons. The van der Waals surface area contributed by atoms with Crippen LogP contribution in [0.2, 0.25) is 0 Å². The van der Waals surface area contributed by atoms with Crippen molar-refractivity contribution in [3.63, 3.8) is 0 Å². The predicted octanol–water partition coefficient (Wildman–Crippen LogP) is 5.52. The van der Waals surface area contributed by atoms with Crippen molar-refractivity contribution < 1.29 is 19.5 Å². The molecule has 0 spiro atoms. The molecule has 3 rings (SSSR count). The van der Waals surface area contributed by atoms with Crippen LogP contribution in [0.15, 0.2) is 82.2 Å². The summed E-state index contributed by atoms with van der Waals surface area (Å²) in [5.74, 6) is -1.83. The van der Waals surface area contributed by atoms with Crippen LogP contribution in [-0.2, 0) is 4.79 Å². The molecule has 0 heterocycles. The zero-order chi connectivity index (χ0) is 22.4. The number of para-hydroxylation sites is 1. The van der Waals surface area contributed by atoms with Crippen molar-refractivity contribution in [2.75, 3.05) is 10.6 Å². The molecule has 0 radical (unpaired) electrons. The monoisotopic (exact) mass is 498 g/mol. The number of amides is 2. The van der Waals surface area contributed by atoms with Crippen LogP contribution in [0.3, 0.4) is 0 Å². The summed E-state index contributed by atoms with van der Waals surface area (Å²) in [7, 11) is 0. The molecular formula is C23H19BrN2O4S. The number of aromatic carboxylic acids is 1. The third-order valence-electron chi connectivity index (χ3n) is 4.31. The first-order valence-corrected chi connectivity index (χ1v) is 11.0. The van der Waals surface area contributed by atoms with Gasteiger partial charge in [-0.05, 0) is 65.3 Å². The fourth-order valence-corrected chi connectivity index (χ4v) is 4.08. The SMILES string of the molecule is CC(Sc1cccc(NC(=O)c2ccccc2C(=O)O)c1)C(=O)Nc1ccccc1Br. The molecule has 0 saturated carbocycles. The van der Waals surface area contributed by atoms with E-state index in [0.717, 1.165) is 9.37 Å². The summed E-state index contributed by atoms with van der Waals surface area (Å²) >= 11 is 4.76. The van der Waals surface area contributed by atoms with E-state index in [0.29, 0.717) is 11.4 Å². The Hall–Kier alpha value is -3.10. The number of hydrogen-bond acceptors (Lipinski definition) is 4. The number of carbonyl (C=O) groups excluding carboxylic acids is 2. The van der Waals surface area contributed by atoms with E-state index in [-0.39, 0.29) is 22.3 Å². The fourth-order valence-electron chi connectivity index (χ4n) is 2.77. The van der Waals surface area contributed by atoms with Crippen molar-refractivity contribution in [2.45, 2.75) is 17.1 Å². The second-order valence-electron chi connectivity index (χ2n) is 6.56. The highest BCUT2D eigenvalue weighted by atomic mass is 79.9. The highest BCUT2D eigenvalue weighted by Gasteiger charge is 2.18. The Labute approximate surface area is 192 Å². The van der Waals surface area contributed by atoms with Crippen LogP contribution in [0.25, 0.3) is 0 Å². The first-order chi connectivity index (χ1) is 14.8. The molecule has 3 aromatic carbocycles. The predicted molar refractivity (Wildman–Crippen MR) is 126 cm³/mol. The van der Waals surface area contributed by atoms with E-state index in [2.05, 4.69) is 26.6 Å². The molecule has 8 heteroatoms. The fraction of sp³-hybridized carbons (Fsp3) is 0.0870. The largest absolute Gasteiger partial charge is 0.478 e. The van der Waals surface area contributed by atoms with E-state index < -0.39 is 11.9 Å². The lowest BCUT2D eigenvalue weighted by Gasteiger charge is -2.14. The van der Waals surface area contributed by atoms with Crippen molar-refractivity contribution in [1.29, 1.82) is 0 Å². The number of nitrogens with one attached hydrogen (secondary N) is 2. The molecule has 0 aliphatic rings. The molecule has 1 unspecified atom stereocenters. The van der Waals surface area contributed by atoms with E-state index >= 15 is 0 Å². The lowest BCUT2D eigenvalue weighted by Crippen LogP contribution is -2.22. The Kier molecular flexibility index (Phi) is 7.49. The summed E-state index contributed by atoms with van der Waals surface area (Å²) in [6, 6.07) is 20.4. The number of rotatable bonds is 7. The Morgan fingerprint density at radius 1 is 0.903 bits per heavy atom. The number of hydrogen-bond donors (Lipinski definition) is 3. The highest BCUT2D eigenvalue weighted by molar-refractivity contribution is 9.10. The summed E-state index contributed by atoms with van der Waals surface area (Å²) in [5, 5.41) is 14.5. The van der Waals surface area contributed by atoms with Gasteiger partial charge in [-0.2, -0.15) is 0 Å². The van der Waals surface area contributed by atoms with Crippen LogP contribution in [0, 0.1) is 0 Å². The molecular weight excluding hydrogens is 480 g/mol. The van der Waals surface area contributed by atoms with Gasteiger partial charge in [0.1, 0.15) is 0 Å². The molecule has 0 aliphatic heterocycles. The number of halogens is 1. The summed E-state index contributed by atoms with van der Waals surface area (Å²) in [6.45, 7) is 1.80. The van der Waals surface area contributed by atoms with Crippen molar-refractivity contribution in [3.05, 3.63) is 88.4 Å². The van der Waals surface area contributed by atoms with Gasteiger partial charge < -0.3 is 15.7 Å². The third-order valence-corrected chi connectivity index (χ3v) is 6.09. The minimum atomic E-state index is -1.17. The van der Waals surface area contributed by atoms with Crippen LogP contribution < -0.4 is 10.6 Å². The second-order valence-corrected chi connectivity index (χ2v) is 8.83. The maximum Gasteiger partial charge on any atom is 0.336 e. The van der Waals surface area contributed by atoms with Crippen molar-refractivity contribution >= 4 is 56.9 Å². The second kappa shape index (κ2) is 10.3. The van der Waals surface area contributed by atoms with Crippen molar-refractivity contribution in [1.82, 2.24) is 0 Å². The molecule has 2 amide bonds. The average Bonchev–Trinajstić information content (AvgIpc) is 2.75. The normalized spacial score (nSPS) is 11.4. The average molecular weight is 499 g/mol. The summed E-state index contributed by atoms with van der Waals surface area (Å²) in [4.78, 5) is 37.2. The molecule has 3 N–H and O–H groups in total. The molecule has 1 atom stereocenters. The molecule has 0 aromatic heterocycles. The lowest BCUT2D eigenvalue weighted by molar-refractivity contribution is -0.115. The minimum absolute atomic E-state index is 0.0668.